The smallest absolute Gasteiger partial charge is 0.251 e. The van der Waals surface area contributed by atoms with Crippen molar-refractivity contribution in [2.45, 2.75) is 25.6 Å². The van der Waals surface area contributed by atoms with Crippen molar-refractivity contribution in [2.75, 3.05) is 6.26 Å². The van der Waals surface area contributed by atoms with E-state index in [4.69, 9.17) is 4.52 Å². The van der Waals surface area contributed by atoms with Crippen molar-refractivity contribution >= 4 is 17.7 Å². The van der Waals surface area contributed by atoms with E-state index in [1.54, 1.807) is 24.2 Å². The number of amides is 1. The normalized spacial score (nSPS) is 12.1. The summed E-state index contributed by atoms with van der Waals surface area (Å²) in [5, 5.41) is 7.05. The zero-order valence-electron chi connectivity index (χ0n) is 15.5. The molecule has 0 bridgehead atoms. The summed E-state index contributed by atoms with van der Waals surface area (Å²) in [4.78, 5) is 21.1. The van der Waals surface area contributed by atoms with Gasteiger partial charge in [0.25, 0.3) is 5.91 Å². The molecule has 140 valence electrons. The third-order valence-corrected chi connectivity index (χ3v) is 4.75. The lowest BCUT2D eigenvalue weighted by Crippen LogP contribution is -2.32. The van der Waals surface area contributed by atoms with Gasteiger partial charge in [0.05, 0.1) is 0 Å². The number of hydrogen-bond acceptors (Lipinski definition) is 6. The van der Waals surface area contributed by atoms with Gasteiger partial charge in [0.2, 0.25) is 11.7 Å². The average Bonchev–Trinajstić information content (AvgIpc) is 3.17. The Morgan fingerprint density at radius 1 is 1.15 bits per heavy atom. The maximum absolute atomic E-state index is 12.7. The highest BCUT2D eigenvalue weighted by atomic mass is 32.2. The molecule has 0 aliphatic carbocycles. The number of carbonyl (C=O) groups is 1. The fraction of sp³-hybridized carbons (Fsp3) is 0.300. The van der Waals surface area contributed by atoms with Gasteiger partial charge < -0.3 is 9.84 Å². The van der Waals surface area contributed by atoms with Crippen LogP contribution in [0.5, 0.6) is 0 Å². The summed E-state index contributed by atoms with van der Waals surface area (Å²) in [5.41, 5.74) is 2.62. The van der Waals surface area contributed by atoms with Crippen LogP contribution in [0.3, 0.4) is 0 Å². The fourth-order valence-corrected chi connectivity index (χ4v) is 3.16. The molecule has 3 rings (SSSR count). The molecular weight excluding hydrogens is 360 g/mol. The van der Waals surface area contributed by atoms with E-state index in [2.05, 4.69) is 26.7 Å². The molecular formula is C20H22N4O2S. The largest absolute Gasteiger partial charge is 0.340 e. The summed E-state index contributed by atoms with van der Waals surface area (Å²) in [6.07, 6.45) is 5.40. The molecule has 1 aromatic carbocycles. The number of rotatable bonds is 7. The Hall–Kier alpha value is -2.67. The lowest BCUT2D eigenvalue weighted by molar-refractivity contribution is 0.0914. The summed E-state index contributed by atoms with van der Waals surface area (Å²) in [6, 6.07) is 10.9. The van der Waals surface area contributed by atoms with Gasteiger partial charge in [0.1, 0.15) is 6.04 Å². The van der Waals surface area contributed by atoms with Crippen LogP contribution in [-0.2, 0) is 5.75 Å². The van der Waals surface area contributed by atoms with Gasteiger partial charge in [0, 0.05) is 29.3 Å². The summed E-state index contributed by atoms with van der Waals surface area (Å²) in [7, 11) is 0. The molecule has 0 aliphatic heterocycles. The number of pyridine rings is 1. The Morgan fingerprint density at radius 2 is 1.85 bits per heavy atom. The van der Waals surface area contributed by atoms with Crippen molar-refractivity contribution in [1.82, 2.24) is 20.4 Å². The summed E-state index contributed by atoms with van der Waals surface area (Å²) in [5.74, 6) is 1.73. The number of nitrogens with zero attached hydrogens (tertiary/aromatic N) is 3. The van der Waals surface area contributed by atoms with Gasteiger partial charge in [-0.05, 0) is 42.0 Å². The molecule has 7 heteroatoms. The first-order valence-electron chi connectivity index (χ1n) is 8.71. The molecule has 0 saturated carbocycles. The van der Waals surface area contributed by atoms with Crippen LogP contribution in [0.2, 0.25) is 0 Å². The van der Waals surface area contributed by atoms with Crippen molar-refractivity contribution in [3.63, 3.8) is 0 Å². The SMILES string of the molecule is CSCc1ccc(C(=O)NC(c2nc(-c3ccncc3)no2)C(C)C)cc1. The maximum atomic E-state index is 12.7. The highest BCUT2D eigenvalue weighted by molar-refractivity contribution is 7.97. The number of benzene rings is 1. The minimum absolute atomic E-state index is 0.0930. The molecule has 1 unspecified atom stereocenters. The Morgan fingerprint density at radius 3 is 2.48 bits per heavy atom. The molecule has 1 amide bonds. The standard InChI is InChI=1S/C20H22N4O2S/c1-13(2)17(20-23-18(24-26-20)15-8-10-21-11-9-15)22-19(25)16-6-4-14(5-7-16)12-27-3/h4-11,13,17H,12H2,1-3H3,(H,22,25). The quantitative estimate of drug-likeness (QED) is 0.662. The highest BCUT2D eigenvalue weighted by Crippen LogP contribution is 2.24. The fourth-order valence-electron chi connectivity index (χ4n) is 2.64. The van der Waals surface area contributed by atoms with Gasteiger partial charge in [-0.25, -0.2) is 0 Å². The maximum Gasteiger partial charge on any atom is 0.251 e. The first-order chi connectivity index (χ1) is 13.1. The molecule has 1 atom stereocenters. The Balaban J connectivity index is 1.76. The Bertz CT molecular complexity index is 879. The van der Waals surface area contributed by atoms with E-state index >= 15 is 0 Å². The van der Waals surface area contributed by atoms with Gasteiger partial charge in [-0.15, -0.1) is 0 Å². The summed E-state index contributed by atoms with van der Waals surface area (Å²) in [6.45, 7) is 4.01. The molecule has 3 aromatic rings. The van der Waals surface area contributed by atoms with E-state index in [-0.39, 0.29) is 17.9 Å². The lowest BCUT2D eigenvalue weighted by Gasteiger charge is -2.18. The number of nitrogens with one attached hydrogen (secondary N) is 1. The van der Waals surface area contributed by atoms with Crippen molar-refractivity contribution in [3.8, 4) is 11.4 Å². The zero-order valence-corrected chi connectivity index (χ0v) is 16.4. The van der Waals surface area contributed by atoms with E-state index in [0.29, 0.717) is 17.3 Å². The monoisotopic (exact) mass is 382 g/mol. The molecule has 0 radical (unpaired) electrons. The first kappa shape index (κ1) is 19.1. The van der Waals surface area contributed by atoms with Crippen molar-refractivity contribution < 1.29 is 9.32 Å². The second-order valence-corrected chi connectivity index (χ2v) is 7.38. The molecule has 0 spiro atoms. The number of aromatic nitrogens is 3. The molecule has 1 N–H and O–H groups in total. The molecule has 0 fully saturated rings. The van der Waals surface area contributed by atoms with E-state index in [0.717, 1.165) is 11.3 Å². The number of carbonyl (C=O) groups excluding carboxylic acids is 1. The first-order valence-corrected chi connectivity index (χ1v) is 10.1. The van der Waals surface area contributed by atoms with Gasteiger partial charge in [-0.3, -0.25) is 9.78 Å². The Kier molecular flexibility index (Phi) is 6.24. The summed E-state index contributed by atoms with van der Waals surface area (Å²) < 4.78 is 5.43. The van der Waals surface area contributed by atoms with Crippen LogP contribution in [0.15, 0.2) is 53.3 Å². The highest BCUT2D eigenvalue weighted by Gasteiger charge is 2.25. The third kappa shape index (κ3) is 4.74. The van der Waals surface area contributed by atoms with Gasteiger partial charge in [0.15, 0.2) is 0 Å². The van der Waals surface area contributed by atoms with Gasteiger partial charge >= 0.3 is 0 Å². The molecule has 6 nitrogen and oxygen atoms in total. The minimum atomic E-state index is -0.369. The topological polar surface area (TPSA) is 80.9 Å². The molecule has 0 saturated heterocycles. The van der Waals surface area contributed by atoms with Crippen LogP contribution in [-0.4, -0.2) is 27.3 Å². The lowest BCUT2D eigenvalue weighted by atomic mass is 10.0. The third-order valence-electron chi connectivity index (χ3n) is 4.13. The van der Waals surface area contributed by atoms with Crippen molar-refractivity contribution in [1.29, 1.82) is 0 Å². The average molecular weight is 382 g/mol. The minimum Gasteiger partial charge on any atom is -0.340 e. The van der Waals surface area contributed by atoms with E-state index in [1.165, 1.54) is 5.56 Å². The van der Waals surface area contributed by atoms with Crippen LogP contribution in [0, 0.1) is 5.92 Å². The number of hydrogen-bond donors (Lipinski definition) is 1. The van der Waals surface area contributed by atoms with Crippen LogP contribution >= 0.6 is 11.8 Å². The molecule has 27 heavy (non-hydrogen) atoms. The van der Waals surface area contributed by atoms with E-state index < -0.39 is 0 Å². The van der Waals surface area contributed by atoms with Crippen molar-refractivity contribution in [3.05, 3.63) is 65.8 Å². The van der Waals surface area contributed by atoms with Gasteiger partial charge in [-0.1, -0.05) is 31.1 Å². The van der Waals surface area contributed by atoms with E-state index in [9.17, 15) is 4.79 Å². The van der Waals surface area contributed by atoms with Crippen LogP contribution in [0.1, 0.15) is 41.7 Å². The van der Waals surface area contributed by atoms with E-state index in [1.807, 2.05) is 50.2 Å². The summed E-state index contributed by atoms with van der Waals surface area (Å²) >= 11 is 1.75. The van der Waals surface area contributed by atoms with Crippen LogP contribution in [0.25, 0.3) is 11.4 Å². The predicted octanol–water partition coefficient (Wildman–Crippen LogP) is 4.12. The number of thioether (sulfide) groups is 1. The van der Waals surface area contributed by atoms with Crippen molar-refractivity contribution in [2.24, 2.45) is 5.92 Å². The molecule has 2 aromatic heterocycles. The second kappa shape index (κ2) is 8.81. The van der Waals surface area contributed by atoms with Crippen LogP contribution < -0.4 is 5.32 Å². The molecule has 2 heterocycles. The predicted molar refractivity (Wildman–Crippen MR) is 106 cm³/mol. The molecule has 0 aliphatic rings. The zero-order chi connectivity index (χ0) is 19.2. The van der Waals surface area contributed by atoms with Crippen LogP contribution in [0.4, 0.5) is 0 Å². The second-order valence-electron chi connectivity index (χ2n) is 6.52. The Labute approximate surface area is 162 Å². The van der Waals surface area contributed by atoms with Gasteiger partial charge in [-0.2, -0.15) is 16.7 Å².